The summed E-state index contributed by atoms with van der Waals surface area (Å²) in [5.74, 6) is 0.698. The molecule has 2 nitrogen and oxygen atoms in total. The molecule has 0 spiro atoms. The summed E-state index contributed by atoms with van der Waals surface area (Å²) >= 11 is 0. The highest BCUT2D eigenvalue weighted by molar-refractivity contribution is 7.03. The summed E-state index contributed by atoms with van der Waals surface area (Å²) in [4.78, 5) is 4.87. The smallest absolute Gasteiger partial charge is 0.113 e. The third kappa shape index (κ3) is 7.90. The van der Waals surface area contributed by atoms with E-state index < -0.39 is 8.07 Å². The third-order valence-corrected chi connectivity index (χ3v) is 17.8. The van der Waals surface area contributed by atoms with E-state index in [1.807, 2.05) is 0 Å². The Kier molecular flexibility index (Phi) is 11.9. The maximum absolute atomic E-state index is 2.49. The van der Waals surface area contributed by atoms with Crippen LogP contribution in [0.1, 0.15) is 101 Å². The van der Waals surface area contributed by atoms with Gasteiger partial charge in [-0.15, -0.1) is 0 Å². The molecule has 0 bridgehead atoms. The lowest BCUT2D eigenvalue weighted by molar-refractivity contribution is 0.431. The van der Waals surface area contributed by atoms with Gasteiger partial charge in [0.05, 0.1) is 0 Å². The number of nitrogens with zero attached hydrogens (tertiary/aromatic N) is 2. The number of hydrogen-bond acceptors (Lipinski definition) is 2. The summed E-state index contributed by atoms with van der Waals surface area (Å²) in [6.45, 7) is 9.69. The first-order valence-corrected chi connectivity index (χ1v) is 26.2. The van der Waals surface area contributed by atoms with Crippen molar-refractivity contribution in [1.82, 2.24) is 0 Å². The normalized spacial score (nSPS) is 15.4. The van der Waals surface area contributed by atoms with E-state index in [9.17, 15) is 0 Å². The molecule has 0 saturated heterocycles. The van der Waals surface area contributed by atoms with E-state index in [1.165, 1.54) is 118 Å². The molecule has 1 atom stereocenters. The molecule has 1 heterocycles. The predicted octanol–water partition coefficient (Wildman–Crippen LogP) is 15.8. The highest BCUT2D eigenvalue weighted by Crippen LogP contribution is 2.45. The predicted molar refractivity (Wildman–Crippen MR) is 265 cm³/mol. The minimum Gasteiger partial charge on any atom is -0.311 e. The first kappa shape index (κ1) is 40.7. The van der Waals surface area contributed by atoms with E-state index in [0.717, 1.165) is 12.8 Å². The summed E-state index contributed by atoms with van der Waals surface area (Å²) in [6.07, 6.45) is 12.5. The molecule has 1 fully saturated rings. The molecule has 7 aromatic carbocycles. The van der Waals surface area contributed by atoms with Gasteiger partial charge < -0.3 is 9.80 Å². The minimum absolute atomic E-state index is 0.101. The van der Waals surface area contributed by atoms with Crippen LogP contribution in [0, 0.1) is 0 Å². The molecule has 1 unspecified atom stereocenters. The van der Waals surface area contributed by atoms with Crippen LogP contribution in [0.15, 0.2) is 176 Å². The Morgan fingerprint density at radius 1 is 0.475 bits per heavy atom. The van der Waals surface area contributed by atoms with Crippen LogP contribution in [0.25, 0.3) is 11.1 Å². The van der Waals surface area contributed by atoms with Gasteiger partial charge in [-0.1, -0.05) is 169 Å². The molecular formula is C58H62N2Si. The molecular weight excluding hydrogens is 753 g/mol. The average molecular weight is 815 g/mol. The van der Waals surface area contributed by atoms with Gasteiger partial charge in [0.1, 0.15) is 8.07 Å². The van der Waals surface area contributed by atoms with Crippen LogP contribution in [-0.2, 0) is 5.41 Å². The molecule has 9 rings (SSSR count). The van der Waals surface area contributed by atoms with Crippen molar-refractivity contribution in [3.05, 3.63) is 193 Å². The summed E-state index contributed by atoms with van der Waals surface area (Å²) in [7, 11) is -1.75. The first-order valence-electron chi connectivity index (χ1n) is 23.2. The Bertz CT molecular complexity index is 2520. The minimum atomic E-state index is -1.75. The molecule has 3 heteroatoms. The van der Waals surface area contributed by atoms with Crippen molar-refractivity contribution in [2.24, 2.45) is 0 Å². The second-order valence-electron chi connectivity index (χ2n) is 18.2. The topological polar surface area (TPSA) is 6.48 Å². The SMILES string of the molecule is CCCCCC(CC)(c1ccc(N(c2ccccc2)c2ccc(C3CCCCC3)cc2)cc1)c1ccc(N(c2ccccc2)c2ccc3c(c2)-c2ccccc2[Si]3(C)C)cc1. The van der Waals surface area contributed by atoms with Gasteiger partial charge in [-0.2, -0.15) is 0 Å². The van der Waals surface area contributed by atoms with E-state index in [4.69, 9.17) is 0 Å². The molecule has 1 saturated carbocycles. The molecule has 2 aliphatic rings. The van der Waals surface area contributed by atoms with Gasteiger partial charge in [-0.25, -0.2) is 0 Å². The second kappa shape index (κ2) is 17.8. The molecule has 308 valence electrons. The van der Waals surface area contributed by atoms with Crippen molar-refractivity contribution in [2.45, 2.75) is 102 Å². The molecule has 7 aromatic rings. The number of anilines is 6. The largest absolute Gasteiger partial charge is 0.311 e. The van der Waals surface area contributed by atoms with Crippen molar-refractivity contribution in [2.75, 3.05) is 9.80 Å². The maximum atomic E-state index is 2.49. The summed E-state index contributed by atoms with van der Waals surface area (Å²) in [6, 6.07) is 66.7. The molecule has 61 heavy (non-hydrogen) atoms. The van der Waals surface area contributed by atoms with Gasteiger partial charge in [0.15, 0.2) is 0 Å². The van der Waals surface area contributed by atoms with E-state index >= 15 is 0 Å². The Morgan fingerprint density at radius 3 is 1.51 bits per heavy atom. The molecule has 0 aromatic heterocycles. The number of hydrogen-bond donors (Lipinski definition) is 0. The Morgan fingerprint density at radius 2 is 0.951 bits per heavy atom. The standard InChI is InChI=1S/C58H62N2Si/c1-5-7-19-42-58(6-2,46-30-36-51(37-31-46)59(48-22-13-9-14-23-48)50-34-28-45(29-35-50)44-20-11-8-12-21-44)47-32-38-52(39-33-47)60(49-24-15-10-16-25-49)53-40-41-57-55(43-53)54-26-17-18-27-56(54)61(57,3)4/h9-10,13-18,22-41,43-44H,5-8,11-12,19-21,42H2,1-4H3. The van der Waals surface area contributed by atoms with Crippen LogP contribution in [0.5, 0.6) is 0 Å². The highest BCUT2D eigenvalue weighted by Gasteiger charge is 2.38. The third-order valence-electron chi connectivity index (χ3n) is 14.2. The Labute approximate surface area is 367 Å². The fourth-order valence-electron chi connectivity index (χ4n) is 10.8. The maximum Gasteiger partial charge on any atom is 0.113 e. The van der Waals surface area contributed by atoms with Crippen molar-refractivity contribution in [3.63, 3.8) is 0 Å². The van der Waals surface area contributed by atoms with Gasteiger partial charge >= 0.3 is 0 Å². The zero-order valence-corrected chi connectivity index (χ0v) is 37.8. The van der Waals surface area contributed by atoms with Crippen LogP contribution in [0.2, 0.25) is 13.1 Å². The van der Waals surface area contributed by atoms with Gasteiger partial charge in [-0.3, -0.25) is 0 Å². The lowest BCUT2D eigenvalue weighted by Gasteiger charge is -2.36. The monoisotopic (exact) mass is 814 g/mol. The van der Waals surface area contributed by atoms with Crippen LogP contribution < -0.4 is 20.2 Å². The molecule has 0 radical (unpaired) electrons. The van der Waals surface area contributed by atoms with Crippen LogP contribution in [0.3, 0.4) is 0 Å². The lowest BCUT2D eigenvalue weighted by Crippen LogP contribution is -2.49. The molecule has 0 amide bonds. The number of unbranched alkanes of at least 4 members (excludes halogenated alkanes) is 2. The zero-order chi connectivity index (χ0) is 41.8. The average Bonchev–Trinajstić information content (AvgIpc) is 3.55. The zero-order valence-electron chi connectivity index (χ0n) is 36.8. The van der Waals surface area contributed by atoms with Crippen LogP contribution in [-0.4, -0.2) is 8.07 Å². The summed E-state index contributed by atoms with van der Waals surface area (Å²) in [5.41, 5.74) is 14.1. The van der Waals surface area contributed by atoms with Crippen LogP contribution >= 0.6 is 0 Å². The summed E-state index contributed by atoms with van der Waals surface area (Å²) in [5, 5.41) is 3.08. The summed E-state index contributed by atoms with van der Waals surface area (Å²) < 4.78 is 0. The molecule has 1 aliphatic heterocycles. The highest BCUT2D eigenvalue weighted by atomic mass is 28.3. The molecule has 0 N–H and O–H groups in total. The second-order valence-corrected chi connectivity index (χ2v) is 22.5. The van der Waals surface area contributed by atoms with Crippen LogP contribution in [0.4, 0.5) is 34.1 Å². The quantitative estimate of drug-likeness (QED) is 0.0797. The number of benzene rings is 7. The Hall–Kier alpha value is -5.64. The van der Waals surface area contributed by atoms with Crippen molar-refractivity contribution in [3.8, 4) is 11.1 Å². The van der Waals surface area contributed by atoms with Crippen molar-refractivity contribution >= 4 is 52.6 Å². The van der Waals surface area contributed by atoms with Gasteiger partial charge in [-0.05, 0) is 143 Å². The van der Waals surface area contributed by atoms with Crippen molar-refractivity contribution < 1.29 is 0 Å². The lowest BCUT2D eigenvalue weighted by atomic mass is 9.69. The van der Waals surface area contributed by atoms with Crippen molar-refractivity contribution in [1.29, 1.82) is 0 Å². The van der Waals surface area contributed by atoms with E-state index in [1.54, 1.807) is 5.19 Å². The number of para-hydroxylation sites is 2. The Balaban J connectivity index is 1.07. The fourth-order valence-corrected chi connectivity index (χ4v) is 13.9. The van der Waals surface area contributed by atoms with E-state index in [0.29, 0.717) is 5.92 Å². The number of fused-ring (bicyclic) bond motifs is 3. The van der Waals surface area contributed by atoms with Gasteiger partial charge in [0.2, 0.25) is 0 Å². The van der Waals surface area contributed by atoms with E-state index in [-0.39, 0.29) is 5.41 Å². The fraction of sp³-hybridized carbons (Fsp3) is 0.276. The van der Waals surface area contributed by atoms with E-state index in [2.05, 4.69) is 213 Å². The van der Waals surface area contributed by atoms with Gasteiger partial charge in [0, 0.05) is 39.5 Å². The molecule has 1 aliphatic carbocycles. The van der Waals surface area contributed by atoms with Gasteiger partial charge in [0.25, 0.3) is 0 Å². The number of rotatable bonds is 14. The first-order chi connectivity index (χ1) is 29.9.